The van der Waals surface area contributed by atoms with Crippen molar-refractivity contribution < 1.29 is 14.3 Å². The van der Waals surface area contributed by atoms with E-state index >= 15 is 0 Å². The lowest BCUT2D eigenvalue weighted by Gasteiger charge is -2.11. The van der Waals surface area contributed by atoms with Crippen LogP contribution in [0.15, 0.2) is 48.8 Å². The molecule has 0 unspecified atom stereocenters. The van der Waals surface area contributed by atoms with Crippen molar-refractivity contribution in [3.05, 3.63) is 60.0 Å². The molecule has 0 aliphatic carbocycles. The first-order valence-electron chi connectivity index (χ1n) is 7.74. The van der Waals surface area contributed by atoms with Gasteiger partial charge in [0.2, 0.25) is 5.88 Å². The van der Waals surface area contributed by atoms with Gasteiger partial charge >= 0.3 is 5.97 Å². The van der Waals surface area contributed by atoms with Crippen LogP contribution in [0, 0.1) is 6.92 Å². The van der Waals surface area contributed by atoms with E-state index < -0.39 is 5.97 Å². The zero-order valence-electron chi connectivity index (χ0n) is 14.3. The second-order valence-corrected chi connectivity index (χ2v) is 5.35. The van der Waals surface area contributed by atoms with Crippen LogP contribution in [0.4, 0.5) is 17.3 Å². The first-order chi connectivity index (χ1) is 12.6. The van der Waals surface area contributed by atoms with Gasteiger partial charge in [0.1, 0.15) is 23.6 Å². The Labute approximate surface area is 150 Å². The van der Waals surface area contributed by atoms with Crippen molar-refractivity contribution in [1.82, 2.24) is 15.0 Å². The Hall–Kier alpha value is -3.68. The van der Waals surface area contributed by atoms with Crippen LogP contribution in [0.5, 0.6) is 11.6 Å². The highest BCUT2D eigenvalue weighted by Gasteiger charge is 2.12. The fourth-order valence-electron chi connectivity index (χ4n) is 2.18. The van der Waals surface area contributed by atoms with Gasteiger partial charge in [0.05, 0.1) is 12.7 Å². The number of benzene rings is 1. The van der Waals surface area contributed by atoms with E-state index in [2.05, 4.69) is 25.0 Å². The van der Waals surface area contributed by atoms with E-state index in [0.717, 1.165) is 5.69 Å². The van der Waals surface area contributed by atoms with Gasteiger partial charge in [-0.2, -0.15) is 4.98 Å². The maximum absolute atomic E-state index is 11.5. The standard InChI is InChI=1S/C18H17N5O3/c1-11-4-3-5-14(22-11)23-16-15(19)17(21-10-20-16)26-13-8-6-12(7-9-13)18(24)25-2/h3-10H,19H2,1-2H3,(H,20,21,22,23). The predicted octanol–water partition coefficient (Wildman–Crippen LogP) is 3.08. The second-order valence-electron chi connectivity index (χ2n) is 5.35. The van der Waals surface area contributed by atoms with Crippen LogP contribution in [-0.4, -0.2) is 28.0 Å². The minimum absolute atomic E-state index is 0.195. The first-order valence-corrected chi connectivity index (χ1v) is 7.74. The van der Waals surface area contributed by atoms with Crippen molar-refractivity contribution in [2.75, 3.05) is 18.2 Å². The van der Waals surface area contributed by atoms with Crippen LogP contribution in [0.2, 0.25) is 0 Å². The molecule has 0 aliphatic heterocycles. The maximum Gasteiger partial charge on any atom is 0.337 e. The number of esters is 1. The molecular formula is C18H17N5O3. The third-order valence-electron chi connectivity index (χ3n) is 3.47. The molecule has 3 rings (SSSR count). The van der Waals surface area contributed by atoms with E-state index in [1.165, 1.54) is 13.4 Å². The Morgan fingerprint density at radius 3 is 2.58 bits per heavy atom. The molecule has 0 bridgehead atoms. The van der Waals surface area contributed by atoms with Crippen LogP contribution in [0.25, 0.3) is 0 Å². The Morgan fingerprint density at radius 1 is 1.12 bits per heavy atom. The highest BCUT2D eigenvalue weighted by Crippen LogP contribution is 2.30. The molecule has 0 radical (unpaired) electrons. The van der Waals surface area contributed by atoms with E-state index in [-0.39, 0.29) is 11.6 Å². The van der Waals surface area contributed by atoms with Gasteiger partial charge < -0.3 is 20.5 Å². The van der Waals surface area contributed by atoms with Crippen LogP contribution >= 0.6 is 0 Å². The maximum atomic E-state index is 11.5. The Balaban J connectivity index is 1.79. The molecule has 0 saturated carbocycles. The number of nitrogens with two attached hydrogens (primary N) is 1. The van der Waals surface area contributed by atoms with Crippen LogP contribution in [0.1, 0.15) is 16.1 Å². The zero-order chi connectivity index (χ0) is 18.5. The number of carbonyl (C=O) groups excluding carboxylic acids is 1. The highest BCUT2D eigenvalue weighted by atomic mass is 16.5. The van der Waals surface area contributed by atoms with Gasteiger partial charge in [-0.25, -0.2) is 14.8 Å². The Kier molecular flexibility index (Phi) is 4.93. The molecule has 26 heavy (non-hydrogen) atoms. The lowest BCUT2D eigenvalue weighted by Crippen LogP contribution is -2.04. The van der Waals surface area contributed by atoms with E-state index in [9.17, 15) is 4.79 Å². The van der Waals surface area contributed by atoms with E-state index in [1.54, 1.807) is 30.3 Å². The van der Waals surface area contributed by atoms with Crippen molar-refractivity contribution in [1.29, 1.82) is 0 Å². The molecule has 0 atom stereocenters. The summed E-state index contributed by atoms with van der Waals surface area (Å²) in [5.74, 6) is 1.25. The molecule has 1 aromatic carbocycles. The quantitative estimate of drug-likeness (QED) is 0.674. The summed E-state index contributed by atoms with van der Waals surface area (Å²) in [5.41, 5.74) is 7.63. The number of nitrogens with zero attached hydrogens (tertiary/aromatic N) is 3. The number of anilines is 3. The summed E-state index contributed by atoms with van der Waals surface area (Å²) in [6.07, 6.45) is 1.34. The van der Waals surface area contributed by atoms with Crippen molar-refractivity contribution in [2.45, 2.75) is 6.92 Å². The number of methoxy groups -OCH3 is 1. The number of aromatic nitrogens is 3. The number of rotatable bonds is 5. The lowest BCUT2D eigenvalue weighted by atomic mass is 10.2. The normalized spacial score (nSPS) is 10.2. The van der Waals surface area contributed by atoms with E-state index in [0.29, 0.717) is 22.9 Å². The molecule has 8 nitrogen and oxygen atoms in total. The predicted molar refractivity (Wildman–Crippen MR) is 96.6 cm³/mol. The SMILES string of the molecule is COC(=O)c1ccc(Oc2ncnc(Nc3cccc(C)n3)c2N)cc1. The molecular weight excluding hydrogens is 334 g/mol. The summed E-state index contributed by atoms with van der Waals surface area (Å²) < 4.78 is 10.4. The molecule has 0 aliphatic rings. The fourth-order valence-corrected chi connectivity index (χ4v) is 2.18. The number of nitrogens with one attached hydrogen (secondary N) is 1. The van der Waals surface area contributed by atoms with Crippen molar-refractivity contribution in [3.8, 4) is 11.6 Å². The zero-order valence-corrected chi connectivity index (χ0v) is 14.3. The number of ether oxygens (including phenoxy) is 2. The average Bonchev–Trinajstić information content (AvgIpc) is 2.65. The Bertz CT molecular complexity index is 928. The fraction of sp³-hybridized carbons (Fsp3) is 0.111. The largest absolute Gasteiger partial charge is 0.465 e. The van der Waals surface area contributed by atoms with Crippen molar-refractivity contribution in [2.24, 2.45) is 0 Å². The highest BCUT2D eigenvalue weighted by molar-refractivity contribution is 5.89. The number of hydrogen-bond acceptors (Lipinski definition) is 8. The molecule has 0 spiro atoms. The molecule has 0 saturated heterocycles. The van der Waals surface area contributed by atoms with Gasteiger partial charge in [0.25, 0.3) is 0 Å². The number of aryl methyl sites for hydroxylation is 1. The third kappa shape index (κ3) is 3.86. The lowest BCUT2D eigenvalue weighted by molar-refractivity contribution is 0.0600. The van der Waals surface area contributed by atoms with Crippen molar-refractivity contribution >= 4 is 23.3 Å². The Morgan fingerprint density at radius 2 is 1.88 bits per heavy atom. The molecule has 2 aromatic heterocycles. The minimum Gasteiger partial charge on any atom is -0.465 e. The van der Waals surface area contributed by atoms with Gasteiger partial charge in [0, 0.05) is 5.69 Å². The molecule has 2 heterocycles. The van der Waals surface area contributed by atoms with Gasteiger partial charge in [-0.3, -0.25) is 0 Å². The van der Waals surface area contributed by atoms with Crippen LogP contribution in [0.3, 0.4) is 0 Å². The van der Waals surface area contributed by atoms with E-state index in [4.69, 9.17) is 10.5 Å². The third-order valence-corrected chi connectivity index (χ3v) is 3.47. The smallest absolute Gasteiger partial charge is 0.337 e. The number of hydrogen-bond donors (Lipinski definition) is 2. The van der Waals surface area contributed by atoms with Gasteiger partial charge in [-0.05, 0) is 43.3 Å². The summed E-state index contributed by atoms with van der Waals surface area (Å²) in [6, 6.07) is 12.0. The first kappa shape index (κ1) is 17.2. The van der Waals surface area contributed by atoms with Crippen LogP contribution < -0.4 is 15.8 Å². The molecule has 8 heteroatoms. The van der Waals surface area contributed by atoms with E-state index in [1.807, 2.05) is 19.1 Å². The summed E-state index contributed by atoms with van der Waals surface area (Å²) in [4.78, 5) is 24.0. The minimum atomic E-state index is -0.421. The van der Waals surface area contributed by atoms with Crippen LogP contribution in [-0.2, 0) is 4.74 Å². The molecule has 0 amide bonds. The number of nitrogen functional groups attached to an aromatic ring is 1. The molecule has 132 valence electrons. The molecule has 3 N–H and O–H groups in total. The average molecular weight is 351 g/mol. The van der Waals surface area contributed by atoms with Gasteiger partial charge in [0.15, 0.2) is 5.82 Å². The molecule has 3 aromatic rings. The summed E-state index contributed by atoms with van der Waals surface area (Å²) in [5, 5.41) is 3.04. The molecule has 0 fully saturated rings. The summed E-state index contributed by atoms with van der Waals surface area (Å²) in [6.45, 7) is 1.89. The number of pyridine rings is 1. The van der Waals surface area contributed by atoms with Crippen molar-refractivity contribution in [3.63, 3.8) is 0 Å². The van der Waals surface area contributed by atoms with Gasteiger partial charge in [-0.15, -0.1) is 0 Å². The second kappa shape index (κ2) is 7.47. The monoisotopic (exact) mass is 351 g/mol. The van der Waals surface area contributed by atoms with Gasteiger partial charge in [-0.1, -0.05) is 6.07 Å². The number of carbonyl (C=O) groups is 1. The summed E-state index contributed by atoms with van der Waals surface area (Å²) in [7, 11) is 1.33. The topological polar surface area (TPSA) is 112 Å². The summed E-state index contributed by atoms with van der Waals surface area (Å²) >= 11 is 0.